The molecule has 3 fully saturated rings. The van der Waals surface area contributed by atoms with Gasteiger partial charge in [0.2, 0.25) is 0 Å². The first-order valence-electron chi connectivity index (χ1n) is 9.32. The summed E-state index contributed by atoms with van der Waals surface area (Å²) >= 11 is 0. The summed E-state index contributed by atoms with van der Waals surface area (Å²) in [5.74, 6) is 0.122. The zero-order chi connectivity index (χ0) is 20.7. The average Bonchev–Trinajstić information content (AvgIpc) is 2.34. The number of amides is 2. The predicted molar refractivity (Wildman–Crippen MR) is 113 cm³/mol. The van der Waals surface area contributed by atoms with Gasteiger partial charge >= 0.3 is 0 Å². The Morgan fingerprint density at radius 3 is 0.962 bits per heavy atom. The maximum absolute atomic E-state index is 14.2. The molecule has 2 unspecified atom stereocenters. The van der Waals surface area contributed by atoms with E-state index in [9.17, 15) is 9.59 Å². The van der Waals surface area contributed by atoms with Gasteiger partial charge in [-0.25, -0.2) is 0 Å². The molecule has 3 rings (SSSR count). The zero-order valence-electron chi connectivity index (χ0n) is 18.5. The molecule has 0 radical (unpaired) electrons. The van der Waals surface area contributed by atoms with Crippen molar-refractivity contribution in [2.24, 2.45) is 10.8 Å². The summed E-state index contributed by atoms with van der Waals surface area (Å²) in [6.45, 7) is 24.6. The second-order valence-electron chi connectivity index (χ2n) is 11.6. The lowest BCUT2D eigenvalue weighted by Crippen LogP contribution is -2.86. The van der Waals surface area contributed by atoms with E-state index in [4.69, 9.17) is 0 Å². The van der Waals surface area contributed by atoms with Crippen molar-refractivity contribution in [3.05, 3.63) is 0 Å². The van der Waals surface area contributed by atoms with E-state index >= 15 is 0 Å². The molecule has 6 heteroatoms. The van der Waals surface area contributed by atoms with Crippen LogP contribution in [0.5, 0.6) is 0 Å². The SMILES string of the molecule is CC(C)(C)N1C(=O)C2(C(C)(C)C)SSC1(C(C)(C)C)C(=O)N2C(C)(C)C. The van der Waals surface area contributed by atoms with Crippen LogP contribution < -0.4 is 0 Å². The summed E-state index contributed by atoms with van der Waals surface area (Å²) in [4.78, 5) is 30.3. The van der Waals surface area contributed by atoms with Crippen LogP contribution in [-0.2, 0) is 9.59 Å². The van der Waals surface area contributed by atoms with Gasteiger partial charge in [0, 0.05) is 21.9 Å². The Hall–Kier alpha value is -0.360. The van der Waals surface area contributed by atoms with Gasteiger partial charge in [0.15, 0.2) is 9.74 Å². The highest BCUT2D eigenvalue weighted by Gasteiger charge is 2.77. The molecule has 3 saturated heterocycles. The number of fused-ring (bicyclic) bond motifs is 3. The zero-order valence-corrected chi connectivity index (χ0v) is 20.2. The van der Waals surface area contributed by atoms with E-state index in [1.165, 1.54) is 0 Å². The largest absolute Gasteiger partial charge is 0.311 e. The summed E-state index contributed by atoms with van der Waals surface area (Å²) in [6, 6.07) is 0. The molecule has 0 aromatic heterocycles. The maximum Gasteiger partial charge on any atom is 0.262 e. The molecule has 3 heterocycles. The van der Waals surface area contributed by atoms with Crippen molar-refractivity contribution < 1.29 is 9.59 Å². The quantitative estimate of drug-likeness (QED) is 0.528. The molecule has 0 aromatic rings. The van der Waals surface area contributed by atoms with E-state index < -0.39 is 31.6 Å². The molecule has 2 amide bonds. The molecule has 150 valence electrons. The summed E-state index contributed by atoms with van der Waals surface area (Å²) in [6.07, 6.45) is 0. The molecule has 3 aliphatic rings. The smallest absolute Gasteiger partial charge is 0.262 e. The van der Waals surface area contributed by atoms with E-state index in [0.29, 0.717) is 0 Å². The van der Waals surface area contributed by atoms with E-state index in [1.54, 1.807) is 21.6 Å². The lowest BCUT2D eigenvalue weighted by atomic mass is 9.73. The molecule has 3 aliphatic heterocycles. The fourth-order valence-corrected chi connectivity index (χ4v) is 9.19. The van der Waals surface area contributed by atoms with Crippen molar-refractivity contribution in [2.75, 3.05) is 0 Å². The van der Waals surface area contributed by atoms with Gasteiger partial charge in [-0.2, -0.15) is 0 Å². The lowest BCUT2D eigenvalue weighted by Gasteiger charge is -2.71. The van der Waals surface area contributed by atoms with E-state index in [2.05, 4.69) is 41.5 Å². The number of nitrogens with zero attached hydrogens (tertiary/aromatic N) is 2. The lowest BCUT2D eigenvalue weighted by molar-refractivity contribution is -0.194. The topological polar surface area (TPSA) is 40.6 Å². The summed E-state index contributed by atoms with van der Waals surface area (Å²) in [7, 11) is 3.18. The minimum absolute atomic E-state index is 0.0608. The molecule has 0 saturated carbocycles. The number of carbonyl (C=O) groups excluding carboxylic acids is 2. The highest BCUT2D eigenvalue weighted by atomic mass is 33.1. The summed E-state index contributed by atoms with van der Waals surface area (Å²) in [5, 5.41) is 0. The Morgan fingerprint density at radius 1 is 0.577 bits per heavy atom. The highest BCUT2D eigenvalue weighted by molar-refractivity contribution is 8.78. The molecule has 0 spiro atoms. The van der Waals surface area contributed by atoms with Crippen LogP contribution in [0.2, 0.25) is 0 Å². The fraction of sp³-hybridized carbons (Fsp3) is 0.900. The first-order chi connectivity index (χ1) is 11.3. The molecular weight excluding hydrogens is 364 g/mol. The van der Waals surface area contributed by atoms with Gasteiger partial charge in [-0.05, 0) is 41.5 Å². The Balaban J connectivity index is 2.94. The minimum atomic E-state index is -0.923. The number of hydrogen-bond donors (Lipinski definition) is 0. The molecule has 0 aliphatic carbocycles. The van der Waals surface area contributed by atoms with E-state index in [-0.39, 0.29) is 11.8 Å². The molecule has 2 atom stereocenters. The van der Waals surface area contributed by atoms with Crippen LogP contribution >= 0.6 is 21.6 Å². The van der Waals surface area contributed by atoms with Crippen LogP contribution in [0.15, 0.2) is 0 Å². The number of hydrogen-bond acceptors (Lipinski definition) is 4. The number of rotatable bonds is 0. The van der Waals surface area contributed by atoms with Crippen LogP contribution in [-0.4, -0.2) is 42.4 Å². The molecule has 0 aromatic carbocycles. The Morgan fingerprint density at radius 2 is 0.808 bits per heavy atom. The number of carbonyl (C=O) groups is 2. The molecular formula is C20H36N2O2S2. The number of piperazine rings is 1. The summed E-state index contributed by atoms with van der Waals surface area (Å²) < 4.78 is 0. The first kappa shape index (κ1) is 21.9. The third-order valence-electron chi connectivity index (χ3n) is 5.27. The van der Waals surface area contributed by atoms with Crippen molar-refractivity contribution in [2.45, 2.75) is 104 Å². The Bertz CT molecular complexity index is 578. The van der Waals surface area contributed by atoms with Crippen LogP contribution in [0, 0.1) is 10.8 Å². The van der Waals surface area contributed by atoms with Crippen LogP contribution in [0.1, 0.15) is 83.1 Å². The molecule has 4 nitrogen and oxygen atoms in total. The van der Waals surface area contributed by atoms with E-state index in [0.717, 1.165) is 0 Å². The standard InChI is InChI=1S/C20H36N2O2S2/c1-15(2,3)19-13(23)22(18(10,11)12)20(26-25-19,16(4,5)6)14(24)21(19)17(7,8)9/h1-12H3. The molecule has 26 heavy (non-hydrogen) atoms. The average molecular weight is 401 g/mol. The van der Waals surface area contributed by atoms with Crippen molar-refractivity contribution in [1.82, 2.24) is 9.80 Å². The summed E-state index contributed by atoms with van der Waals surface area (Å²) in [5.41, 5.74) is -1.71. The second-order valence-corrected chi connectivity index (χ2v) is 14.1. The van der Waals surface area contributed by atoms with Crippen LogP contribution in [0.4, 0.5) is 0 Å². The minimum Gasteiger partial charge on any atom is -0.311 e. The van der Waals surface area contributed by atoms with Crippen molar-refractivity contribution >= 4 is 33.4 Å². The van der Waals surface area contributed by atoms with Crippen molar-refractivity contribution in [3.8, 4) is 0 Å². The van der Waals surface area contributed by atoms with Gasteiger partial charge < -0.3 is 9.80 Å². The van der Waals surface area contributed by atoms with Gasteiger partial charge in [-0.15, -0.1) is 0 Å². The highest BCUT2D eigenvalue weighted by Crippen LogP contribution is 2.70. The maximum atomic E-state index is 14.2. The van der Waals surface area contributed by atoms with Crippen molar-refractivity contribution in [3.63, 3.8) is 0 Å². The monoisotopic (exact) mass is 400 g/mol. The van der Waals surface area contributed by atoms with E-state index in [1.807, 2.05) is 51.3 Å². The van der Waals surface area contributed by atoms with Gasteiger partial charge in [-0.1, -0.05) is 63.1 Å². The third-order valence-corrected chi connectivity index (χ3v) is 9.48. The van der Waals surface area contributed by atoms with Crippen molar-refractivity contribution in [1.29, 1.82) is 0 Å². The molecule has 0 N–H and O–H groups in total. The second kappa shape index (κ2) is 5.59. The van der Waals surface area contributed by atoms with Gasteiger partial charge in [-0.3, -0.25) is 9.59 Å². The van der Waals surface area contributed by atoms with Crippen LogP contribution in [0.25, 0.3) is 0 Å². The first-order valence-corrected chi connectivity index (χ1v) is 11.5. The van der Waals surface area contributed by atoms with Gasteiger partial charge in [0.25, 0.3) is 11.8 Å². The van der Waals surface area contributed by atoms with Gasteiger partial charge in [0.05, 0.1) is 0 Å². The normalized spacial score (nSPS) is 31.1. The predicted octanol–water partition coefficient (Wildman–Crippen LogP) is 5.13. The third kappa shape index (κ3) is 2.57. The Labute approximate surface area is 167 Å². The van der Waals surface area contributed by atoms with Crippen LogP contribution in [0.3, 0.4) is 0 Å². The molecule has 2 bridgehead atoms. The fourth-order valence-electron chi connectivity index (χ4n) is 4.16. The van der Waals surface area contributed by atoms with Gasteiger partial charge in [0.1, 0.15) is 0 Å². The Kier molecular flexibility index (Phi) is 4.71.